The summed E-state index contributed by atoms with van der Waals surface area (Å²) in [6.45, 7) is -0.960. The number of carbonyl (C=O) groups excluding carboxylic acids is 2. The topological polar surface area (TPSA) is 126 Å². The number of halogens is 3. The van der Waals surface area contributed by atoms with Gasteiger partial charge in [-0.1, -0.05) is 11.3 Å². The van der Waals surface area contributed by atoms with E-state index in [1.807, 2.05) is 4.72 Å². The van der Waals surface area contributed by atoms with Crippen molar-refractivity contribution in [2.75, 3.05) is 24.7 Å². The van der Waals surface area contributed by atoms with Crippen molar-refractivity contribution in [3.8, 4) is 5.75 Å². The molecule has 0 saturated heterocycles. The van der Waals surface area contributed by atoms with Crippen molar-refractivity contribution in [2.24, 2.45) is 0 Å². The third-order valence-electron chi connectivity index (χ3n) is 2.78. The summed E-state index contributed by atoms with van der Waals surface area (Å²) in [5, 5.41) is 4.69. The van der Waals surface area contributed by atoms with Crippen LogP contribution in [0.15, 0.2) is 18.2 Å². The number of sulfonamides is 1. The number of amides is 2. The Kier molecular flexibility index (Phi) is 6.22. The zero-order valence-corrected chi connectivity index (χ0v) is 15.2. The number of benzene rings is 1. The largest absolute Gasteiger partial charge is 0.573 e. The van der Waals surface area contributed by atoms with Gasteiger partial charge in [-0.25, -0.2) is 18.1 Å². The Morgan fingerprint density at radius 3 is 2.56 bits per heavy atom. The minimum Gasteiger partial charge on any atom is -0.406 e. The van der Waals surface area contributed by atoms with Crippen LogP contribution in [0, 0.1) is 0 Å². The minimum atomic E-state index is -4.82. The second-order valence-corrected chi connectivity index (χ2v) is 7.98. The van der Waals surface area contributed by atoms with Crippen molar-refractivity contribution >= 4 is 48.5 Å². The fourth-order valence-electron chi connectivity index (χ4n) is 1.76. The van der Waals surface area contributed by atoms with Gasteiger partial charge in [-0.05, 0) is 12.1 Å². The Labute approximate surface area is 155 Å². The predicted octanol–water partition coefficient (Wildman–Crippen LogP) is 0.799. The quantitative estimate of drug-likeness (QED) is 0.601. The molecule has 9 nitrogen and oxygen atoms in total. The van der Waals surface area contributed by atoms with Crippen molar-refractivity contribution in [2.45, 2.75) is 6.36 Å². The molecule has 27 heavy (non-hydrogen) atoms. The van der Waals surface area contributed by atoms with Crippen LogP contribution in [0.3, 0.4) is 0 Å². The summed E-state index contributed by atoms with van der Waals surface area (Å²) in [4.78, 5) is 27.2. The Bertz CT molecular complexity index is 959. The minimum absolute atomic E-state index is 0.114. The maximum absolute atomic E-state index is 12.2. The number of alkyl halides is 3. The van der Waals surface area contributed by atoms with Crippen LogP contribution < -0.4 is 20.1 Å². The highest BCUT2D eigenvalue weighted by Gasteiger charge is 2.31. The number of thiazole rings is 1. The van der Waals surface area contributed by atoms with Gasteiger partial charge in [0, 0.05) is 6.07 Å². The molecule has 0 aliphatic rings. The summed E-state index contributed by atoms with van der Waals surface area (Å²) in [5.74, 6) is -1.77. The average molecular weight is 426 g/mol. The van der Waals surface area contributed by atoms with E-state index >= 15 is 0 Å². The number of hydrogen-bond acceptors (Lipinski definition) is 7. The van der Waals surface area contributed by atoms with E-state index in [0.29, 0.717) is 10.2 Å². The van der Waals surface area contributed by atoms with Gasteiger partial charge in [0.2, 0.25) is 21.8 Å². The molecule has 2 aromatic rings. The van der Waals surface area contributed by atoms with E-state index in [2.05, 4.69) is 20.4 Å². The lowest BCUT2D eigenvalue weighted by atomic mass is 10.3. The third-order valence-corrected chi connectivity index (χ3v) is 4.38. The highest BCUT2D eigenvalue weighted by atomic mass is 32.2. The van der Waals surface area contributed by atoms with Crippen LogP contribution in [0.5, 0.6) is 5.75 Å². The smallest absolute Gasteiger partial charge is 0.406 e. The Morgan fingerprint density at radius 1 is 1.22 bits per heavy atom. The Hall–Kier alpha value is -2.45. The first-order chi connectivity index (χ1) is 12.4. The van der Waals surface area contributed by atoms with Crippen molar-refractivity contribution in [3.63, 3.8) is 0 Å². The zero-order chi connectivity index (χ0) is 20.2. The van der Waals surface area contributed by atoms with Gasteiger partial charge in [0.1, 0.15) is 5.75 Å². The van der Waals surface area contributed by atoms with E-state index in [-0.39, 0.29) is 5.13 Å². The van der Waals surface area contributed by atoms with Gasteiger partial charge < -0.3 is 15.4 Å². The number of rotatable bonds is 7. The summed E-state index contributed by atoms with van der Waals surface area (Å²) in [6.07, 6.45) is -3.94. The molecule has 0 aliphatic heterocycles. The second-order valence-electron chi connectivity index (χ2n) is 5.11. The summed E-state index contributed by atoms with van der Waals surface area (Å²) < 4.78 is 64.5. The summed E-state index contributed by atoms with van der Waals surface area (Å²) in [5.41, 5.74) is 0.353. The summed E-state index contributed by atoms with van der Waals surface area (Å²) >= 11 is 0.919. The third kappa shape index (κ3) is 7.36. The molecular weight excluding hydrogens is 413 g/mol. The number of anilines is 1. The molecule has 148 valence electrons. The van der Waals surface area contributed by atoms with Crippen LogP contribution in [-0.2, 0) is 19.6 Å². The highest BCUT2D eigenvalue weighted by molar-refractivity contribution is 7.88. The fraction of sp³-hybridized carbons (Fsp3) is 0.308. The summed E-state index contributed by atoms with van der Waals surface area (Å²) in [7, 11) is -3.54. The molecule has 0 saturated carbocycles. The SMILES string of the molecule is CS(=O)(=O)NCC(=O)NCC(=O)Nc1nc2ccc(OC(F)(F)F)cc2s1. The highest BCUT2D eigenvalue weighted by Crippen LogP contribution is 2.31. The van der Waals surface area contributed by atoms with Crippen LogP contribution in [0.4, 0.5) is 18.3 Å². The van der Waals surface area contributed by atoms with Crippen LogP contribution in [0.1, 0.15) is 0 Å². The first kappa shape index (κ1) is 20.9. The van der Waals surface area contributed by atoms with Gasteiger partial charge >= 0.3 is 6.36 Å². The molecule has 0 fully saturated rings. The van der Waals surface area contributed by atoms with Crippen molar-refractivity contribution in [1.82, 2.24) is 15.0 Å². The van der Waals surface area contributed by atoms with E-state index < -0.39 is 47.0 Å². The normalized spacial score (nSPS) is 12.0. The van der Waals surface area contributed by atoms with Crippen molar-refractivity contribution in [3.05, 3.63) is 18.2 Å². The molecule has 0 aliphatic carbocycles. The van der Waals surface area contributed by atoms with E-state index in [9.17, 15) is 31.2 Å². The lowest BCUT2D eigenvalue weighted by Crippen LogP contribution is -2.39. The molecule has 2 rings (SSSR count). The monoisotopic (exact) mass is 426 g/mol. The molecule has 0 unspecified atom stereocenters. The molecule has 1 aromatic heterocycles. The Morgan fingerprint density at radius 2 is 1.93 bits per heavy atom. The van der Waals surface area contributed by atoms with Crippen molar-refractivity contribution < 1.29 is 35.9 Å². The van der Waals surface area contributed by atoms with Gasteiger partial charge in [-0.3, -0.25) is 9.59 Å². The predicted molar refractivity (Wildman–Crippen MR) is 90.8 cm³/mol. The molecule has 0 radical (unpaired) electrons. The van der Waals surface area contributed by atoms with E-state index in [0.717, 1.165) is 29.7 Å². The number of nitrogens with zero attached hydrogens (tertiary/aromatic N) is 1. The number of ether oxygens (including phenoxy) is 1. The van der Waals surface area contributed by atoms with Gasteiger partial charge in [0.25, 0.3) is 0 Å². The van der Waals surface area contributed by atoms with Crippen LogP contribution in [-0.4, -0.2) is 50.9 Å². The number of carbonyl (C=O) groups is 2. The standard InChI is InChI=1S/C13H13F3N4O5S2/c1-27(23,24)18-6-10(21)17-5-11(22)20-12-19-8-3-2-7(4-9(8)26-12)25-13(14,15)16/h2-4,18H,5-6H2,1H3,(H,17,21)(H,19,20,22). The maximum atomic E-state index is 12.2. The molecule has 1 aromatic carbocycles. The Balaban J connectivity index is 1.92. The lowest BCUT2D eigenvalue weighted by Gasteiger charge is -2.07. The van der Waals surface area contributed by atoms with E-state index in [4.69, 9.17) is 0 Å². The molecule has 14 heteroatoms. The number of aromatic nitrogens is 1. The van der Waals surface area contributed by atoms with Crippen LogP contribution >= 0.6 is 11.3 Å². The molecular formula is C13H13F3N4O5S2. The molecule has 1 heterocycles. The molecule has 0 spiro atoms. The zero-order valence-electron chi connectivity index (χ0n) is 13.6. The van der Waals surface area contributed by atoms with Crippen LogP contribution in [0.25, 0.3) is 10.2 Å². The lowest BCUT2D eigenvalue weighted by molar-refractivity contribution is -0.274. The van der Waals surface area contributed by atoms with Gasteiger partial charge in [-0.2, -0.15) is 0 Å². The van der Waals surface area contributed by atoms with Crippen molar-refractivity contribution in [1.29, 1.82) is 0 Å². The first-order valence-electron chi connectivity index (χ1n) is 7.09. The number of fused-ring (bicyclic) bond motifs is 1. The molecule has 2 amide bonds. The molecule has 0 bridgehead atoms. The van der Waals surface area contributed by atoms with E-state index in [1.165, 1.54) is 6.07 Å². The fourth-order valence-corrected chi connectivity index (χ4v) is 3.06. The number of nitrogens with one attached hydrogen (secondary N) is 3. The first-order valence-corrected chi connectivity index (χ1v) is 9.79. The van der Waals surface area contributed by atoms with Gasteiger partial charge in [-0.15, -0.1) is 13.2 Å². The van der Waals surface area contributed by atoms with Gasteiger partial charge in [0.05, 0.1) is 29.6 Å². The average Bonchev–Trinajstić information content (AvgIpc) is 2.90. The summed E-state index contributed by atoms with van der Waals surface area (Å²) in [6, 6.07) is 3.53. The maximum Gasteiger partial charge on any atom is 0.573 e. The van der Waals surface area contributed by atoms with Gasteiger partial charge in [0.15, 0.2) is 5.13 Å². The molecule has 0 atom stereocenters. The second kappa shape index (κ2) is 8.06. The van der Waals surface area contributed by atoms with E-state index in [1.54, 1.807) is 0 Å². The molecule has 3 N–H and O–H groups in total. The van der Waals surface area contributed by atoms with Crippen LogP contribution in [0.2, 0.25) is 0 Å². The number of hydrogen-bond donors (Lipinski definition) is 3.